The number of methoxy groups -OCH3 is 2. The molecule has 0 radical (unpaired) electrons. The van der Waals surface area contributed by atoms with Crippen molar-refractivity contribution in [1.29, 1.82) is 0 Å². The predicted molar refractivity (Wildman–Crippen MR) is 101 cm³/mol. The Morgan fingerprint density at radius 1 is 1.21 bits per heavy atom. The van der Waals surface area contributed by atoms with Crippen LogP contribution in [0, 0.1) is 0 Å². The number of halogens is 1. The maximum absolute atomic E-state index is 12.5. The molecule has 3 aromatic rings. The average Bonchev–Trinajstić information content (AvgIpc) is 3.23. The van der Waals surface area contributed by atoms with E-state index in [-0.39, 0.29) is 5.91 Å². The molecular weight excluding hydrogens is 412 g/mol. The van der Waals surface area contributed by atoms with E-state index in [4.69, 9.17) is 9.47 Å². The first-order valence-electron chi connectivity index (χ1n) is 6.85. The molecule has 0 aliphatic rings. The van der Waals surface area contributed by atoms with Crippen molar-refractivity contribution in [2.24, 2.45) is 0 Å². The number of aromatic nitrogens is 1. The molecule has 5 nitrogen and oxygen atoms in total. The number of ether oxygens (including phenoxy) is 2. The van der Waals surface area contributed by atoms with Gasteiger partial charge in [-0.25, -0.2) is 4.98 Å². The standard InChI is InChI=1S/C16H13BrN2O3S2/c1-21-9-3-4-10(12(7-9)22-2)15(20)19-16-18-11(8-23-16)13-5-6-14(17)24-13/h3-8H,1-2H3,(H,18,19,20). The number of nitrogens with one attached hydrogen (secondary N) is 1. The van der Waals surface area contributed by atoms with Crippen LogP contribution < -0.4 is 14.8 Å². The van der Waals surface area contributed by atoms with Gasteiger partial charge in [0.2, 0.25) is 0 Å². The second kappa shape index (κ2) is 7.33. The Hall–Kier alpha value is -1.90. The van der Waals surface area contributed by atoms with Crippen LogP contribution in [-0.4, -0.2) is 25.1 Å². The molecule has 0 unspecified atom stereocenters. The third kappa shape index (κ3) is 3.61. The van der Waals surface area contributed by atoms with Gasteiger partial charge in [-0.05, 0) is 40.2 Å². The fourth-order valence-corrected chi connectivity index (χ4v) is 4.17. The molecule has 124 valence electrons. The molecule has 0 fully saturated rings. The van der Waals surface area contributed by atoms with Crippen molar-refractivity contribution in [2.45, 2.75) is 0 Å². The number of anilines is 1. The smallest absolute Gasteiger partial charge is 0.261 e. The first kappa shape index (κ1) is 16.9. The first-order valence-corrected chi connectivity index (χ1v) is 9.34. The highest BCUT2D eigenvalue weighted by Gasteiger charge is 2.15. The first-order chi connectivity index (χ1) is 11.6. The Bertz CT molecular complexity index is 876. The summed E-state index contributed by atoms with van der Waals surface area (Å²) in [5, 5.41) is 5.26. The molecule has 1 amide bonds. The second-order valence-electron chi connectivity index (χ2n) is 4.66. The van der Waals surface area contributed by atoms with Gasteiger partial charge in [0, 0.05) is 11.4 Å². The van der Waals surface area contributed by atoms with Crippen LogP contribution in [-0.2, 0) is 0 Å². The molecule has 0 saturated heterocycles. The van der Waals surface area contributed by atoms with Crippen LogP contribution in [0.15, 0.2) is 39.5 Å². The molecule has 8 heteroatoms. The summed E-state index contributed by atoms with van der Waals surface area (Å²) in [5.74, 6) is 0.803. The van der Waals surface area contributed by atoms with E-state index in [0.29, 0.717) is 22.2 Å². The fraction of sp³-hybridized carbons (Fsp3) is 0.125. The number of thiazole rings is 1. The monoisotopic (exact) mass is 424 g/mol. The van der Waals surface area contributed by atoms with Gasteiger partial charge in [-0.1, -0.05) is 0 Å². The summed E-state index contributed by atoms with van der Waals surface area (Å²) >= 11 is 6.41. The molecule has 2 heterocycles. The zero-order chi connectivity index (χ0) is 17.1. The van der Waals surface area contributed by atoms with E-state index >= 15 is 0 Å². The van der Waals surface area contributed by atoms with Gasteiger partial charge in [0.05, 0.1) is 34.1 Å². The Balaban J connectivity index is 1.79. The number of carbonyl (C=O) groups is 1. The molecule has 1 N–H and O–H groups in total. The molecule has 0 bridgehead atoms. The third-order valence-corrected chi connectivity index (χ3v) is 5.61. The van der Waals surface area contributed by atoms with E-state index in [1.165, 1.54) is 18.4 Å². The molecule has 0 spiro atoms. The number of thiophene rings is 1. The molecule has 0 aliphatic heterocycles. The maximum atomic E-state index is 12.5. The molecule has 1 aromatic carbocycles. The summed E-state index contributed by atoms with van der Waals surface area (Å²) < 4.78 is 11.4. The van der Waals surface area contributed by atoms with Crippen LogP contribution in [0.1, 0.15) is 10.4 Å². The number of rotatable bonds is 5. The molecule has 3 rings (SSSR count). The lowest BCUT2D eigenvalue weighted by molar-refractivity contribution is 0.102. The molecule has 0 saturated carbocycles. The Morgan fingerprint density at radius 2 is 2.04 bits per heavy atom. The predicted octanol–water partition coefficient (Wildman–Crippen LogP) is 4.90. The number of hydrogen-bond donors (Lipinski definition) is 1. The van der Waals surface area contributed by atoms with Crippen LogP contribution in [0.3, 0.4) is 0 Å². The molecular formula is C16H13BrN2O3S2. The quantitative estimate of drug-likeness (QED) is 0.632. The number of amides is 1. The van der Waals surface area contributed by atoms with E-state index in [9.17, 15) is 4.79 Å². The maximum Gasteiger partial charge on any atom is 0.261 e. The van der Waals surface area contributed by atoms with Crippen molar-refractivity contribution in [1.82, 2.24) is 4.98 Å². The molecule has 0 atom stereocenters. The van der Waals surface area contributed by atoms with Gasteiger partial charge < -0.3 is 9.47 Å². The Morgan fingerprint density at radius 3 is 2.71 bits per heavy atom. The Kier molecular flexibility index (Phi) is 5.17. The van der Waals surface area contributed by atoms with Crippen LogP contribution in [0.25, 0.3) is 10.6 Å². The van der Waals surface area contributed by atoms with Crippen molar-refractivity contribution in [3.05, 3.63) is 45.1 Å². The zero-order valence-electron chi connectivity index (χ0n) is 12.8. The minimum atomic E-state index is -0.275. The lowest BCUT2D eigenvalue weighted by Gasteiger charge is -2.09. The largest absolute Gasteiger partial charge is 0.497 e. The summed E-state index contributed by atoms with van der Waals surface area (Å²) in [5.41, 5.74) is 1.27. The summed E-state index contributed by atoms with van der Waals surface area (Å²) in [4.78, 5) is 18.0. The van der Waals surface area contributed by atoms with Gasteiger partial charge in [0.1, 0.15) is 11.5 Å². The van der Waals surface area contributed by atoms with Gasteiger partial charge in [0.15, 0.2) is 5.13 Å². The fourth-order valence-electron chi connectivity index (χ4n) is 2.05. The van der Waals surface area contributed by atoms with E-state index in [2.05, 4.69) is 26.2 Å². The van der Waals surface area contributed by atoms with E-state index in [1.54, 1.807) is 36.6 Å². The van der Waals surface area contributed by atoms with Crippen molar-refractivity contribution in [3.63, 3.8) is 0 Å². The number of hydrogen-bond acceptors (Lipinski definition) is 6. The summed E-state index contributed by atoms with van der Waals surface area (Å²) in [6.45, 7) is 0. The highest BCUT2D eigenvalue weighted by molar-refractivity contribution is 9.11. The third-order valence-electron chi connectivity index (χ3n) is 3.20. The Labute approximate surface area is 155 Å². The second-order valence-corrected chi connectivity index (χ2v) is 7.98. The van der Waals surface area contributed by atoms with Crippen molar-refractivity contribution in [2.75, 3.05) is 19.5 Å². The highest BCUT2D eigenvalue weighted by Crippen LogP contribution is 2.33. The number of carbonyl (C=O) groups excluding carboxylic acids is 1. The molecule has 24 heavy (non-hydrogen) atoms. The van der Waals surface area contributed by atoms with Gasteiger partial charge >= 0.3 is 0 Å². The summed E-state index contributed by atoms with van der Waals surface area (Å²) in [7, 11) is 3.08. The minimum Gasteiger partial charge on any atom is -0.497 e. The van der Waals surface area contributed by atoms with Crippen molar-refractivity contribution >= 4 is 49.6 Å². The van der Waals surface area contributed by atoms with Gasteiger partial charge in [0.25, 0.3) is 5.91 Å². The zero-order valence-corrected chi connectivity index (χ0v) is 16.0. The van der Waals surface area contributed by atoms with Crippen molar-refractivity contribution < 1.29 is 14.3 Å². The van der Waals surface area contributed by atoms with Crippen LogP contribution in [0.4, 0.5) is 5.13 Å². The number of benzene rings is 1. The minimum absolute atomic E-state index is 0.275. The van der Waals surface area contributed by atoms with Gasteiger partial charge in [-0.2, -0.15) is 0 Å². The highest BCUT2D eigenvalue weighted by atomic mass is 79.9. The lowest BCUT2D eigenvalue weighted by atomic mass is 10.2. The van der Waals surface area contributed by atoms with Crippen LogP contribution >= 0.6 is 38.6 Å². The van der Waals surface area contributed by atoms with E-state index < -0.39 is 0 Å². The molecule has 0 aliphatic carbocycles. The van der Waals surface area contributed by atoms with E-state index in [0.717, 1.165) is 14.4 Å². The SMILES string of the molecule is COc1ccc(C(=O)Nc2nc(-c3ccc(Br)s3)cs2)c(OC)c1. The normalized spacial score (nSPS) is 10.5. The molecule has 2 aromatic heterocycles. The summed E-state index contributed by atoms with van der Waals surface area (Å²) in [6, 6.07) is 9.01. The summed E-state index contributed by atoms with van der Waals surface area (Å²) in [6.07, 6.45) is 0. The average molecular weight is 425 g/mol. The van der Waals surface area contributed by atoms with Crippen LogP contribution in [0.2, 0.25) is 0 Å². The topological polar surface area (TPSA) is 60.5 Å². The van der Waals surface area contributed by atoms with E-state index in [1.807, 2.05) is 17.5 Å². The number of nitrogens with zero attached hydrogens (tertiary/aromatic N) is 1. The van der Waals surface area contributed by atoms with Crippen LogP contribution in [0.5, 0.6) is 11.5 Å². The van der Waals surface area contributed by atoms with Crippen molar-refractivity contribution in [3.8, 4) is 22.1 Å². The lowest BCUT2D eigenvalue weighted by Crippen LogP contribution is -2.13. The van der Waals surface area contributed by atoms with Gasteiger partial charge in [-0.3, -0.25) is 10.1 Å². The van der Waals surface area contributed by atoms with Gasteiger partial charge in [-0.15, -0.1) is 22.7 Å².